The largest absolute Gasteiger partial charge is 0.465 e. The van der Waals surface area contributed by atoms with Gasteiger partial charge in [-0.05, 0) is 29.0 Å². The molecule has 2 nitrogen and oxygen atoms in total. The summed E-state index contributed by atoms with van der Waals surface area (Å²) in [5.74, 6) is -0.321. The van der Waals surface area contributed by atoms with Crippen molar-refractivity contribution in [2.45, 2.75) is 0 Å². The molecule has 0 aromatic heterocycles. The lowest BCUT2D eigenvalue weighted by Gasteiger charge is -2.03. The van der Waals surface area contributed by atoms with Crippen LogP contribution in [0.15, 0.2) is 36.4 Å². The summed E-state index contributed by atoms with van der Waals surface area (Å²) in [7, 11) is 1.38. The highest BCUT2D eigenvalue weighted by Gasteiger charge is 2.08. The summed E-state index contributed by atoms with van der Waals surface area (Å²) in [4.78, 5) is 11.4. The van der Waals surface area contributed by atoms with Gasteiger partial charge in [0.05, 0.1) is 12.7 Å². The number of hydrogen-bond donors (Lipinski definition) is 0. The van der Waals surface area contributed by atoms with Crippen LogP contribution in [0.2, 0.25) is 0 Å². The van der Waals surface area contributed by atoms with Crippen molar-refractivity contribution in [2.24, 2.45) is 0 Å². The lowest BCUT2D eigenvalue weighted by Crippen LogP contribution is -2.01. The van der Waals surface area contributed by atoms with Gasteiger partial charge in [-0.1, -0.05) is 24.3 Å². The number of esters is 1. The molecular weight excluding hydrogens is 176 g/mol. The molecule has 14 heavy (non-hydrogen) atoms. The molecular formula is C12H9O2. The van der Waals surface area contributed by atoms with E-state index in [1.165, 1.54) is 7.11 Å². The van der Waals surface area contributed by atoms with Crippen LogP contribution in [0.25, 0.3) is 10.8 Å². The second kappa shape index (κ2) is 3.50. The van der Waals surface area contributed by atoms with E-state index in [0.717, 1.165) is 10.8 Å². The standard InChI is InChI=1S/C12H9O2/c1-14-12(13)11-8-4-6-9-5-2-3-7-10(9)11/h2-3,5-8H,1H3. The SMILES string of the molecule is COC(=O)c1c[c]cc2ccccc12. The molecule has 0 saturated heterocycles. The predicted octanol–water partition coefficient (Wildman–Crippen LogP) is 2.43. The Balaban J connectivity index is 2.71. The highest BCUT2D eigenvalue weighted by atomic mass is 16.5. The van der Waals surface area contributed by atoms with Gasteiger partial charge in [-0.2, -0.15) is 0 Å². The first-order valence-corrected chi connectivity index (χ1v) is 4.30. The molecule has 2 aromatic carbocycles. The zero-order valence-electron chi connectivity index (χ0n) is 7.78. The molecule has 0 spiro atoms. The zero-order chi connectivity index (χ0) is 9.97. The highest BCUT2D eigenvalue weighted by molar-refractivity contribution is 6.04. The molecule has 0 aliphatic rings. The average Bonchev–Trinajstić information content (AvgIpc) is 2.27. The molecule has 0 saturated carbocycles. The predicted molar refractivity (Wildman–Crippen MR) is 54.1 cm³/mol. The van der Waals surface area contributed by atoms with Gasteiger partial charge in [-0.3, -0.25) is 0 Å². The van der Waals surface area contributed by atoms with Crippen LogP contribution in [0.1, 0.15) is 10.4 Å². The molecule has 2 rings (SSSR count). The monoisotopic (exact) mass is 185 g/mol. The Labute approximate surface area is 82.1 Å². The Kier molecular flexibility index (Phi) is 2.19. The fourth-order valence-electron chi connectivity index (χ4n) is 1.44. The van der Waals surface area contributed by atoms with Crippen molar-refractivity contribution in [3.05, 3.63) is 48.0 Å². The minimum Gasteiger partial charge on any atom is -0.465 e. The molecule has 69 valence electrons. The topological polar surface area (TPSA) is 26.3 Å². The number of carbonyl (C=O) groups is 1. The summed E-state index contributed by atoms with van der Waals surface area (Å²) in [6.07, 6.45) is 0. The number of ether oxygens (including phenoxy) is 1. The van der Waals surface area contributed by atoms with E-state index in [1.54, 1.807) is 6.07 Å². The summed E-state index contributed by atoms with van der Waals surface area (Å²) in [5.41, 5.74) is 0.561. The Hall–Kier alpha value is -1.83. The van der Waals surface area contributed by atoms with Gasteiger partial charge < -0.3 is 4.74 Å². The molecule has 0 atom stereocenters. The maximum Gasteiger partial charge on any atom is 0.338 e. The first-order chi connectivity index (χ1) is 6.83. The Bertz CT molecular complexity index is 469. The lowest BCUT2D eigenvalue weighted by atomic mass is 10.1. The molecule has 2 aromatic rings. The number of fused-ring (bicyclic) bond motifs is 1. The smallest absolute Gasteiger partial charge is 0.338 e. The van der Waals surface area contributed by atoms with Crippen LogP contribution in [-0.2, 0) is 4.74 Å². The van der Waals surface area contributed by atoms with Crippen LogP contribution < -0.4 is 0 Å². The summed E-state index contributed by atoms with van der Waals surface area (Å²) in [5, 5.41) is 1.90. The van der Waals surface area contributed by atoms with Crippen molar-refractivity contribution in [1.82, 2.24) is 0 Å². The minimum atomic E-state index is -0.321. The van der Waals surface area contributed by atoms with E-state index < -0.39 is 0 Å². The third-order valence-electron chi connectivity index (χ3n) is 2.12. The normalized spacial score (nSPS) is 10.1. The van der Waals surface area contributed by atoms with Crippen LogP contribution in [0.5, 0.6) is 0 Å². The second-order valence-electron chi connectivity index (χ2n) is 2.95. The number of hydrogen-bond acceptors (Lipinski definition) is 2. The molecule has 0 aliphatic carbocycles. The van der Waals surface area contributed by atoms with Crippen LogP contribution in [0, 0.1) is 6.07 Å². The van der Waals surface area contributed by atoms with Gasteiger partial charge in [0.1, 0.15) is 0 Å². The first kappa shape index (κ1) is 8.75. The molecule has 0 heterocycles. The van der Waals surface area contributed by atoms with Crippen LogP contribution in [0.4, 0.5) is 0 Å². The van der Waals surface area contributed by atoms with Gasteiger partial charge in [0.25, 0.3) is 0 Å². The Morgan fingerprint density at radius 3 is 2.86 bits per heavy atom. The van der Waals surface area contributed by atoms with E-state index >= 15 is 0 Å². The Morgan fingerprint density at radius 1 is 1.29 bits per heavy atom. The summed E-state index contributed by atoms with van der Waals surface area (Å²) >= 11 is 0. The molecule has 1 radical (unpaired) electrons. The van der Waals surface area contributed by atoms with Gasteiger partial charge in [0, 0.05) is 0 Å². The van der Waals surface area contributed by atoms with Crippen molar-refractivity contribution >= 4 is 16.7 Å². The molecule has 2 heteroatoms. The lowest BCUT2D eigenvalue weighted by molar-refractivity contribution is 0.0603. The van der Waals surface area contributed by atoms with Crippen molar-refractivity contribution in [3.63, 3.8) is 0 Å². The highest BCUT2D eigenvalue weighted by Crippen LogP contribution is 2.18. The van der Waals surface area contributed by atoms with Crippen LogP contribution in [-0.4, -0.2) is 13.1 Å². The van der Waals surface area contributed by atoms with Crippen LogP contribution >= 0.6 is 0 Å². The maximum atomic E-state index is 11.4. The van der Waals surface area contributed by atoms with Crippen molar-refractivity contribution < 1.29 is 9.53 Å². The summed E-state index contributed by atoms with van der Waals surface area (Å²) in [6, 6.07) is 14.1. The average molecular weight is 185 g/mol. The van der Waals surface area contributed by atoms with Crippen LogP contribution in [0.3, 0.4) is 0 Å². The fraction of sp³-hybridized carbons (Fsp3) is 0.0833. The maximum absolute atomic E-state index is 11.4. The number of carbonyl (C=O) groups excluding carboxylic acids is 1. The summed E-state index contributed by atoms with van der Waals surface area (Å²) in [6.45, 7) is 0. The molecule has 0 aliphatic heterocycles. The van der Waals surface area contributed by atoms with Crippen molar-refractivity contribution in [1.29, 1.82) is 0 Å². The molecule has 0 fully saturated rings. The molecule has 0 unspecified atom stereocenters. The number of benzene rings is 2. The van der Waals surface area contributed by atoms with E-state index in [2.05, 4.69) is 10.8 Å². The first-order valence-electron chi connectivity index (χ1n) is 4.30. The van der Waals surface area contributed by atoms with Gasteiger partial charge >= 0.3 is 5.97 Å². The van der Waals surface area contributed by atoms with E-state index in [4.69, 9.17) is 0 Å². The summed E-state index contributed by atoms with van der Waals surface area (Å²) < 4.78 is 4.69. The Morgan fingerprint density at radius 2 is 2.07 bits per heavy atom. The van der Waals surface area contributed by atoms with Gasteiger partial charge in [0.2, 0.25) is 0 Å². The van der Waals surface area contributed by atoms with Crippen molar-refractivity contribution in [3.8, 4) is 0 Å². The third kappa shape index (κ3) is 1.35. The van der Waals surface area contributed by atoms with Gasteiger partial charge in [-0.15, -0.1) is 0 Å². The van der Waals surface area contributed by atoms with Gasteiger partial charge in [-0.25, -0.2) is 4.79 Å². The zero-order valence-corrected chi connectivity index (χ0v) is 7.78. The minimum absolute atomic E-state index is 0.321. The van der Waals surface area contributed by atoms with E-state index in [1.807, 2.05) is 30.3 Å². The van der Waals surface area contributed by atoms with E-state index in [0.29, 0.717) is 5.56 Å². The molecule has 0 N–H and O–H groups in total. The second-order valence-corrected chi connectivity index (χ2v) is 2.95. The van der Waals surface area contributed by atoms with E-state index in [9.17, 15) is 4.79 Å². The quantitative estimate of drug-likeness (QED) is 0.638. The fourth-order valence-corrected chi connectivity index (χ4v) is 1.44. The number of methoxy groups -OCH3 is 1. The van der Waals surface area contributed by atoms with Crippen molar-refractivity contribution in [2.75, 3.05) is 7.11 Å². The van der Waals surface area contributed by atoms with E-state index in [-0.39, 0.29) is 5.97 Å². The molecule has 0 bridgehead atoms. The van der Waals surface area contributed by atoms with Gasteiger partial charge in [0.15, 0.2) is 0 Å². The molecule has 0 amide bonds. The third-order valence-corrected chi connectivity index (χ3v) is 2.12. The number of rotatable bonds is 1.